The van der Waals surface area contributed by atoms with Crippen molar-refractivity contribution in [2.24, 2.45) is 0 Å². The van der Waals surface area contributed by atoms with Gasteiger partial charge in [-0.15, -0.1) is 0 Å². The maximum absolute atomic E-state index is 11.1. The van der Waals surface area contributed by atoms with Crippen LogP contribution in [0.3, 0.4) is 0 Å². The zero-order chi connectivity index (χ0) is 11.5. The number of carbonyl (C=O) groups is 1. The van der Waals surface area contributed by atoms with Crippen LogP contribution in [0.2, 0.25) is 0 Å². The maximum atomic E-state index is 11.1. The number of piperidine rings is 1. The fourth-order valence-corrected chi connectivity index (χ4v) is 2.25. The molecule has 2 heterocycles. The van der Waals surface area contributed by atoms with E-state index in [1.165, 1.54) is 19.8 Å². The van der Waals surface area contributed by atoms with Crippen molar-refractivity contribution < 1.29 is 9.21 Å². The van der Waals surface area contributed by atoms with Crippen molar-refractivity contribution in [1.82, 2.24) is 9.88 Å². The van der Waals surface area contributed by atoms with E-state index in [1.807, 2.05) is 0 Å². The molecule has 1 atom stereocenters. The van der Waals surface area contributed by atoms with E-state index in [1.54, 1.807) is 6.20 Å². The predicted molar refractivity (Wildman–Crippen MR) is 60.3 cm³/mol. The molecule has 1 aliphatic heterocycles. The van der Waals surface area contributed by atoms with Gasteiger partial charge in [-0.3, -0.25) is 9.69 Å². The number of hydrogen-bond acceptors (Lipinski definition) is 4. The summed E-state index contributed by atoms with van der Waals surface area (Å²) in [7, 11) is 0. The molecule has 1 aromatic rings. The second-order valence-corrected chi connectivity index (χ2v) is 4.26. The minimum absolute atomic E-state index is 0.0578. The van der Waals surface area contributed by atoms with Crippen LogP contribution in [0.1, 0.15) is 55.6 Å². The number of oxazole rings is 1. The topological polar surface area (TPSA) is 46.3 Å². The Hall–Kier alpha value is -1.16. The molecule has 1 saturated heterocycles. The molecule has 1 aliphatic rings. The lowest BCUT2D eigenvalue weighted by atomic mass is 10.0. The number of aromatic nitrogens is 1. The van der Waals surface area contributed by atoms with E-state index in [0.717, 1.165) is 19.5 Å². The quantitative estimate of drug-likeness (QED) is 0.737. The molecule has 0 aromatic carbocycles. The minimum atomic E-state index is -0.0578. The number of ketones is 1. The van der Waals surface area contributed by atoms with Gasteiger partial charge in [-0.25, -0.2) is 4.98 Å². The number of carbonyl (C=O) groups excluding carboxylic acids is 1. The van der Waals surface area contributed by atoms with Crippen LogP contribution in [-0.2, 0) is 0 Å². The van der Waals surface area contributed by atoms with Gasteiger partial charge in [0.2, 0.25) is 5.89 Å². The average Bonchev–Trinajstić information content (AvgIpc) is 2.78. The summed E-state index contributed by atoms with van der Waals surface area (Å²) in [6, 6.07) is 0.256. The second kappa shape index (κ2) is 4.78. The molecule has 16 heavy (non-hydrogen) atoms. The first-order valence-electron chi connectivity index (χ1n) is 5.93. The lowest BCUT2D eigenvalue weighted by Gasteiger charge is -2.32. The van der Waals surface area contributed by atoms with E-state index >= 15 is 0 Å². The average molecular weight is 222 g/mol. The first-order chi connectivity index (χ1) is 7.72. The maximum Gasteiger partial charge on any atom is 0.212 e. The van der Waals surface area contributed by atoms with Crippen LogP contribution >= 0.6 is 0 Å². The Kier molecular flexibility index (Phi) is 3.39. The molecule has 88 valence electrons. The molecule has 2 rings (SSSR count). The number of hydrogen-bond donors (Lipinski definition) is 0. The van der Waals surface area contributed by atoms with Crippen LogP contribution in [0, 0.1) is 0 Å². The molecule has 0 radical (unpaired) electrons. The molecule has 0 aliphatic carbocycles. The number of likely N-dealkylation sites (tertiary alicyclic amines) is 1. The molecule has 1 fully saturated rings. The van der Waals surface area contributed by atoms with Crippen molar-refractivity contribution >= 4 is 5.78 Å². The summed E-state index contributed by atoms with van der Waals surface area (Å²) >= 11 is 0. The Bertz CT molecular complexity index is 373. The zero-order valence-electron chi connectivity index (χ0n) is 9.90. The molecule has 1 aromatic heterocycles. The van der Waals surface area contributed by atoms with Crippen molar-refractivity contribution in [3.05, 3.63) is 17.8 Å². The van der Waals surface area contributed by atoms with E-state index < -0.39 is 0 Å². The SMILES string of the molecule is CCN1CCCCC1c1ncc(C(C)=O)o1. The highest BCUT2D eigenvalue weighted by molar-refractivity contribution is 5.90. The third kappa shape index (κ3) is 2.16. The molecule has 0 N–H and O–H groups in total. The molecule has 0 saturated carbocycles. The van der Waals surface area contributed by atoms with Gasteiger partial charge in [-0.1, -0.05) is 13.3 Å². The van der Waals surface area contributed by atoms with Crippen molar-refractivity contribution in [1.29, 1.82) is 0 Å². The van der Waals surface area contributed by atoms with Gasteiger partial charge in [0.1, 0.15) is 0 Å². The number of rotatable bonds is 3. The summed E-state index contributed by atoms with van der Waals surface area (Å²) < 4.78 is 5.51. The van der Waals surface area contributed by atoms with Gasteiger partial charge in [0.25, 0.3) is 0 Å². The smallest absolute Gasteiger partial charge is 0.212 e. The van der Waals surface area contributed by atoms with E-state index in [0.29, 0.717) is 11.7 Å². The summed E-state index contributed by atoms with van der Waals surface area (Å²) in [5, 5.41) is 0. The van der Waals surface area contributed by atoms with Gasteiger partial charge in [0, 0.05) is 6.92 Å². The molecular formula is C12H18N2O2. The first kappa shape index (κ1) is 11.3. The predicted octanol–water partition coefficient (Wildman–Crippen LogP) is 2.42. The highest BCUT2D eigenvalue weighted by Crippen LogP contribution is 2.30. The molecular weight excluding hydrogens is 204 g/mol. The van der Waals surface area contributed by atoms with Crippen LogP contribution < -0.4 is 0 Å². The number of nitrogens with zero attached hydrogens (tertiary/aromatic N) is 2. The van der Waals surface area contributed by atoms with Crippen LogP contribution in [0.15, 0.2) is 10.6 Å². The fraction of sp³-hybridized carbons (Fsp3) is 0.667. The Labute approximate surface area is 95.6 Å². The third-order valence-corrected chi connectivity index (χ3v) is 3.18. The van der Waals surface area contributed by atoms with Crippen LogP contribution in [-0.4, -0.2) is 28.8 Å². The van der Waals surface area contributed by atoms with Crippen molar-refractivity contribution in [3.63, 3.8) is 0 Å². The van der Waals surface area contributed by atoms with Gasteiger partial charge in [0.15, 0.2) is 11.5 Å². The molecule has 0 spiro atoms. The Morgan fingerprint density at radius 2 is 2.44 bits per heavy atom. The Morgan fingerprint density at radius 3 is 3.06 bits per heavy atom. The van der Waals surface area contributed by atoms with Crippen molar-refractivity contribution in [3.8, 4) is 0 Å². The highest BCUT2D eigenvalue weighted by Gasteiger charge is 2.26. The largest absolute Gasteiger partial charge is 0.436 e. The molecule has 4 heteroatoms. The molecule has 1 unspecified atom stereocenters. The standard InChI is InChI=1S/C12H18N2O2/c1-3-14-7-5-4-6-10(14)12-13-8-11(16-12)9(2)15/h8,10H,3-7H2,1-2H3. The van der Waals surface area contributed by atoms with Gasteiger partial charge < -0.3 is 4.42 Å². The normalized spacial score (nSPS) is 22.2. The summed E-state index contributed by atoms with van der Waals surface area (Å²) in [5.41, 5.74) is 0. The minimum Gasteiger partial charge on any atom is -0.436 e. The van der Waals surface area contributed by atoms with Crippen molar-refractivity contribution in [2.75, 3.05) is 13.1 Å². The van der Waals surface area contributed by atoms with Crippen molar-refractivity contribution in [2.45, 2.75) is 39.2 Å². The second-order valence-electron chi connectivity index (χ2n) is 4.26. The summed E-state index contributed by atoms with van der Waals surface area (Å²) in [6.07, 6.45) is 5.06. The Balaban J connectivity index is 2.17. The molecule has 4 nitrogen and oxygen atoms in total. The van der Waals surface area contributed by atoms with E-state index in [2.05, 4.69) is 16.8 Å². The summed E-state index contributed by atoms with van der Waals surface area (Å²) in [4.78, 5) is 17.7. The van der Waals surface area contributed by atoms with E-state index in [4.69, 9.17) is 4.42 Å². The van der Waals surface area contributed by atoms with E-state index in [-0.39, 0.29) is 11.8 Å². The van der Waals surface area contributed by atoms with Crippen LogP contribution in [0.25, 0.3) is 0 Å². The summed E-state index contributed by atoms with van der Waals surface area (Å²) in [5.74, 6) is 1.01. The monoisotopic (exact) mass is 222 g/mol. The van der Waals surface area contributed by atoms with Gasteiger partial charge in [-0.2, -0.15) is 0 Å². The lowest BCUT2D eigenvalue weighted by Crippen LogP contribution is -2.33. The Morgan fingerprint density at radius 1 is 1.62 bits per heavy atom. The third-order valence-electron chi connectivity index (χ3n) is 3.18. The highest BCUT2D eigenvalue weighted by atomic mass is 16.4. The summed E-state index contributed by atoms with van der Waals surface area (Å²) in [6.45, 7) is 5.75. The molecule has 0 amide bonds. The zero-order valence-corrected chi connectivity index (χ0v) is 9.90. The lowest BCUT2D eigenvalue weighted by molar-refractivity contribution is 0.0969. The number of Topliss-reactive ketones (excluding diaryl/α,β-unsaturated/α-hetero) is 1. The fourth-order valence-electron chi connectivity index (χ4n) is 2.25. The van der Waals surface area contributed by atoms with E-state index in [9.17, 15) is 4.79 Å². The molecule has 0 bridgehead atoms. The van der Waals surface area contributed by atoms with Crippen LogP contribution in [0.4, 0.5) is 0 Å². The van der Waals surface area contributed by atoms with Gasteiger partial charge >= 0.3 is 0 Å². The van der Waals surface area contributed by atoms with Crippen LogP contribution in [0.5, 0.6) is 0 Å². The van der Waals surface area contributed by atoms with Gasteiger partial charge in [-0.05, 0) is 25.9 Å². The van der Waals surface area contributed by atoms with Gasteiger partial charge in [0.05, 0.1) is 12.2 Å². The first-order valence-corrected chi connectivity index (χ1v) is 5.93.